The molecule has 0 saturated carbocycles. The Morgan fingerprint density at radius 3 is 2.23 bits per heavy atom. The van der Waals surface area contributed by atoms with Crippen molar-refractivity contribution < 1.29 is 18.8 Å². The summed E-state index contributed by atoms with van der Waals surface area (Å²) in [7, 11) is 2.27. The SMILES string of the molecule is C[N+]1(CCc2ccccc2)CC[C@@H](OC(=O)C2c3ccccc3Oc3ccccc32)C1. The Kier molecular flexibility index (Phi) is 5.24. The first kappa shape index (κ1) is 19.8. The summed E-state index contributed by atoms with van der Waals surface area (Å²) < 4.78 is 13.1. The van der Waals surface area contributed by atoms with Gasteiger partial charge in [-0.15, -0.1) is 0 Å². The smallest absolute Gasteiger partial charge is 0.318 e. The van der Waals surface area contributed by atoms with E-state index in [4.69, 9.17) is 9.47 Å². The Bertz CT molecular complexity index is 1040. The number of quaternary nitrogens is 1. The van der Waals surface area contributed by atoms with Crippen LogP contribution in [0, 0.1) is 0 Å². The van der Waals surface area contributed by atoms with E-state index in [1.807, 2.05) is 48.5 Å². The molecule has 1 unspecified atom stereocenters. The molecule has 2 aliphatic rings. The molecule has 0 aromatic heterocycles. The monoisotopic (exact) mass is 414 g/mol. The van der Waals surface area contributed by atoms with Gasteiger partial charge in [0.2, 0.25) is 0 Å². The highest BCUT2D eigenvalue weighted by molar-refractivity contribution is 5.85. The molecule has 1 fully saturated rings. The number of benzene rings is 3. The van der Waals surface area contributed by atoms with Crippen LogP contribution in [0.15, 0.2) is 78.9 Å². The van der Waals surface area contributed by atoms with E-state index < -0.39 is 5.92 Å². The second-order valence-electron chi connectivity index (χ2n) is 8.94. The van der Waals surface area contributed by atoms with Gasteiger partial charge < -0.3 is 14.0 Å². The zero-order valence-corrected chi connectivity index (χ0v) is 17.9. The van der Waals surface area contributed by atoms with Crippen molar-refractivity contribution in [3.8, 4) is 11.5 Å². The summed E-state index contributed by atoms with van der Waals surface area (Å²) in [5, 5.41) is 0. The molecule has 2 heterocycles. The van der Waals surface area contributed by atoms with E-state index in [0.29, 0.717) is 0 Å². The van der Waals surface area contributed by atoms with Gasteiger partial charge in [0.25, 0.3) is 0 Å². The highest BCUT2D eigenvalue weighted by Crippen LogP contribution is 2.44. The van der Waals surface area contributed by atoms with Gasteiger partial charge >= 0.3 is 5.97 Å². The highest BCUT2D eigenvalue weighted by atomic mass is 16.5. The van der Waals surface area contributed by atoms with Crippen LogP contribution in [0.2, 0.25) is 0 Å². The summed E-state index contributed by atoms with van der Waals surface area (Å²) in [5.74, 6) is 0.852. The molecule has 0 radical (unpaired) electrons. The Morgan fingerprint density at radius 2 is 1.55 bits per heavy atom. The third kappa shape index (κ3) is 4.08. The fraction of sp³-hybridized carbons (Fsp3) is 0.296. The fourth-order valence-corrected chi connectivity index (χ4v) is 4.87. The molecule has 3 aromatic rings. The molecule has 2 aliphatic heterocycles. The third-order valence-electron chi connectivity index (χ3n) is 6.62. The number of likely N-dealkylation sites (tertiary alicyclic amines) is 1. The Hall–Kier alpha value is -3.11. The van der Waals surface area contributed by atoms with Crippen molar-refractivity contribution in [2.45, 2.75) is 24.9 Å². The molecule has 2 atom stereocenters. The van der Waals surface area contributed by atoms with Gasteiger partial charge in [0.1, 0.15) is 24.0 Å². The van der Waals surface area contributed by atoms with E-state index >= 15 is 0 Å². The normalized spacial score (nSPS) is 22.3. The van der Waals surface area contributed by atoms with Crippen LogP contribution in [0.25, 0.3) is 0 Å². The van der Waals surface area contributed by atoms with Crippen LogP contribution in [-0.4, -0.2) is 43.2 Å². The van der Waals surface area contributed by atoms with Gasteiger partial charge in [0, 0.05) is 24.0 Å². The second kappa shape index (κ2) is 8.20. The van der Waals surface area contributed by atoms with E-state index in [1.54, 1.807) is 0 Å². The summed E-state index contributed by atoms with van der Waals surface area (Å²) in [6.07, 6.45) is 1.90. The van der Waals surface area contributed by atoms with Gasteiger partial charge in [-0.25, -0.2) is 0 Å². The number of likely N-dealkylation sites (N-methyl/N-ethyl adjacent to an activating group) is 1. The Morgan fingerprint density at radius 1 is 0.935 bits per heavy atom. The van der Waals surface area contributed by atoms with Gasteiger partial charge in [-0.2, -0.15) is 0 Å². The number of hydrogen-bond acceptors (Lipinski definition) is 3. The maximum Gasteiger partial charge on any atom is 0.318 e. The van der Waals surface area contributed by atoms with Crippen molar-refractivity contribution in [3.05, 3.63) is 95.6 Å². The van der Waals surface area contributed by atoms with Crippen molar-refractivity contribution >= 4 is 5.97 Å². The topological polar surface area (TPSA) is 35.5 Å². The number of nitrogens with zero attached hydrogens (tertiary/aromatic N) is 1. The average Bonchev–Trinajstić information content (AvgIpc) is 3.17. The van der Waals surface area contributed by atoms with Crippen LogP contribution < -0.4 is 4.74 Å². The lowest BCUT2D eigenvalue weighted by atomic mass is 9.88. The van der Waals surface area contributed by atoms with Crippen LogP contribution in [-0.2, 0) is 16.0 Å². The lowest BCUT2D eigenvalue weighted by molar-refractivity contribution is -0.898. The first-order valence-corrected chi connectivity index (χ1v) is 11.0. The van der Waals surface area contributed by atoms with E-state index in [1.165, 1.54) is 5.56 Å². The van der Waals surface area contributed by atoms with Gasteiger partial charge in [0.15, 0.2) is 6.10 Å². The largest absolute Gasteiger partial charge is 0.457 e. The third-order valence-corrected chi connectivity index (χ3v) is 6.62. The van der Waals surface area contributed by atoms with Crippen molar-refractivity contribution in [2.75, 3.05) is 26.7 Å². The minimum absolute atomic E-state index is 0.0459. The maximum atomic E-state index is 13.4. The zero-order chi connectivity index (χ0) is 21.3. The van der Waals surface area contributed by atoms with Crippen molar-refractivity contribution in [2.24, 2.45) is 0 Å². The number of carbonyl (C=O) groups is 1. The van der Waals surface area contributed by atoms with E-state index in [2.05, 4.69) is 37.4 Å². The molecule has 4 heteroatoms. The molecule has 0 aliphatic carbocycles. The summed E-state index contributed by atoms with van der Waals surface area (Å²) >= 11 is 0. The Labute approximate surface area is 183 Å². The lowest BCUT2D eigenvalue weighted by Gasteiger charge is -2.30. The predicted octanol–water partition coefficient (Wildman–Crippen LogP) is 4.93. The molecule has 4 nitrogen and oxygen atoms in total. The molecule has 1 saturated heterocycles. The molecule has 0 spiro atoms. The fourth-order valence-electron chi connectivity index (χ4n) is 4.87. The van der Waals surface area contributed by atoms with Gasteiger partial charge in [0.05, 0.1) is 20.1 Å². The number of rotatable bonds is 5. The van der Waals surface area contributed by atoms with Gasteiger partial charge in [-0.1, -0.05) is 66.7 Å². The average molecular weight is 415 g/mol. The molecule has 31 heavy (non-hydrogen) atoms. The standard InChI is InChI=1S/C27H28NO3/c1-28(17-15-20-9-3-2-4-10-20)18-16-21(19-28)30-27(29)26-22-11-5-7-13-24(22)31-25-14-8-6-12-23(25)26/h2-14,21,26H,15-19H2,1H3/q+1/t21-,28?/m1/s1. The van der Waals surface area contributed by atoms with E-state index in [-0.39, 0.29) is 12.1 Å². The first-order valence-electron chi connectivity index (χ1n) is 11.0. The molecule has 158 valence electrons. The highest BCUT2D eigenvalue weighted by Gasteiger charge is 2.40. The number of esters is 1. The van der Waals surface area contributed by atoms with Crippen LogP contribution in [0.4, 0.5) is 0 Å². The van der Waals surface area contributed by atoms with Crippen LogP contribution in [0.5, 0.6) is 11.5 Å². The van der Waals surface area contributed by atoms with Crippen LogP contribution >= 0.6 is 0 Å². The number of hydrogen-bond donors (Lipinski definition) is 0. The zero-order valence-electron chi connectivity index (χ0n) is 17.9. The summed E-state index contributed by atoms with van der Waals surface area (Å²) in [4.78, 5) is 13.4. The maximum absolute atomic E-state index is 13.4. The number of para-hydroxylation sites is 2. The van der Waals surface area contributed by atoms with Crippen molar-refractivity contribution in [1.29, 1.82) is 0 Å². The second-order valence-corrected chi connectivity index (χ2v) is 8.94. The van der Waals surface area contributed by atoms with Crippen LogP contribution in [0.1, 0.15) is 29.0 Å². The Balaban J connectivity index is 1.29. The lowest BCUT2D eigenvalue weighted by Crippen LogP contribution is -2.44. The number of carbonyl (C=O) groups excluding carboxylic acids is 1. The minimum atomic E-state index is -0.440. The van der Waals surface area contributed by atoms with E-state index in [0.717, 1.165) is 59.6 Å². The summed E-state index contributed by atoms with van der Waals surface area (Å²) in [5.41, 5.74) is 3.12. The quantitative estimate of drug-likeness (QED) is 0.439. The first-order chi connectivity index (χ1) is 15.1. The summed E-state index contributed by atoms with van der Waals surface area (Å²) in [6.45, 7) is 2.96. The van der Waals surface area contributed by atoms with Crippen molar-refractivity contribution in [1.82, 2.24) is 0 Å². The van der Waals surface area contributed by atoms with Gasteiger partial charge in [-0.05, 0) is 17.7 Å². The predicted molar refractivity (Wildman–Crippen MR) is 120 cm³/mol. The molecule has 0 amide bonds. The molecular formula is C27H28NO3+. The van der Waals surface area contributed by atoms with Crippen LogP contribution in [0.3, 0.4) is 0 Å². The number of ether oxygens (including phenoxy) is 2. The molecular weight excluding hydrogens is 386 g/mol. The molecule has 0 N–H and O–H groups in total. The van der Waals surface area contributed by atoms with E-state index in [9.17, 15) is 4.79 Å². The molecule has 3 aromatic carbocycles. The molecule has 5 rings (SSSR count). The van der Waals surface area contributed by atoms with Gasteiger partial charge in [-0.3, -0.25) is 4.79 Å². The number of fused-ring (bicyclic) bond motifs is 2. The van der Waals surface area contributed by atoms with Crippen molar-refractivity contribution in [3.63, 3.8) is 0 Å². The minimum Gasteiger partial charge on any atom is -0.457 e. The summed E-state index contributed by atoms with van der Waals surface area (Å²) in [6, 6.07) is 26.1. The molecule has 0 bridgehead atoms.